The molecule has 0 spiro atoms. The first-order chi connectivity index (χ1) is 16.7. The number of hydrogen-bond donors (Lipinski definition) is 1. The van der Waals surface area contributed by atoms with Crippen molar-refractivity contribution in [2.75, 3.05) is 13.1 Å². The Morgan fingerprint density at radius 2 is 1.69 bits per heavy atom. The van der Waals surface area contributed by atoms with Gasteiger partial charge in [0.15, 0.2) is 0 Å². The van der Waals surface area contributed by atoms with Crippen molar-refractivity contribution in [3.63, 3.8) is 0 Å². The Labute approximate surface area is 204 Å². The first kappa shape index (κ1) is 25.4. The van der Waals surface area contributed by atoms with E-state index in [1.807, 2.05) is 0 Å². The predicted octanol–water partition coefficient (Wildman–Crippen LogP) is 6.47. The maximum absolute atomic E-state index is 13.9. The fourth-order valence-electron chi connectivity index (χ4n) is 5.47. The number of nitrogens with one attached hydrogen (secondary N) is 1. The highest BCUT2D eigenvalue weighted by molar-refractivity contribution is 5.92. The normalized spacial score (nSPS) is 22.4. The fourth-order valence-corrected chi connectivity index (χ4v) is 5.47. The lowest BCUT2D eigenvalue weighted by atomic mass is 9.84. The molecule has 0 bridgehead atoms. The summed E-state index contributed by atoms with van der Waals surface area (Å²) >= 11 is 0. The number of carbonyl (C=O) groups excluding carboxylic acids is 1. The molecule has 1 saturated heterocycles. The molecule has 1 aliphatic heterocycles. The van der Waals surface area contributed by atoms with Crippen LogP contribution in [0, 0.1) is 12.7 Å². The number of hydrogen-bond acceptors (Lipinski definition) is 2. The van der Waals surface area contributed by atoms with E-state index in [-0.39, 0.29) is 11.6 Å². The van der Waals surface area contributed by atoms with Crippen LogP contribution in [0.15, 0.2) is 48.5 Å². The number of piperidine rings is 1. The summed E-state index contributed by atoms with van der Waals surface area (Å²) in [5.74, 6) is -0.588. The number of halogens is 4. The van der Waals surface area contributed by atoms with Crippen molar-refractivity contribution in [1.82, 2.24) is 10.2 Å². The molecule has 7 heteroatoms. The van der Waals surface area contributed by atoms with Crippen LogP contribution in [0.1, 0.15) is 66.7 Å². The molecular formula is C28H32F4N2O. The van der Waals surface area contributed by atoms with Crippen molar-refractivity contribution in [3.8, 4) is 0 Å². The Hall–Kier alpha value is -2.67. The van der Waals surface area contributed by atoms with E-state index in [4.69, 9.17) is 0 Å². The van der Waals surface area contributed by atoms with Crippen LogP contribution in [0.5, 0.6) is 0 Å². The van der Waals surface area contributed by atoms with Gasteiger partial charge in [0, 0.05) is 23.7 Å². The molecule has 0 atom stereocenters. The number of likely N-dealkylation sites (tertiary alicyclic amines) is 1. The third kappa shape index (κ3) is 6.51. The summed E-state index contributed by atoms with van der Waals surface area (Å²) in [7, 11) is 0. The Bertz CT molecular complexity index is 1050. The van der Waals surface area contributed by atoms with Crippen LogP contribution in [0.3, 0.4) is 0 Å². The minimum Gasteiger partial charge on any atom is -0.350 e. The van der Waals surface area contributed by atoms with Crippen molar-refractivity contribution in [2.24, 2.45) is 0 Å². The minimum absolute atomic E-state index is 0.0271. The van der Waals surface area contributed by atoms with E-state index in [0.29, 0.717) is 24.1 Å². The Morgan fingerprint density at radius 1 is 1.00 bits per heavy atom. The monoisotopic (exact) mass is 488 g/mol. The molecule has 1 N–H and O–H groups in total. The summed E-state index contributed by atoms with van der Waals surface area (Å²) in [6.07, 6.45) is 3.71. The van der Waals surface area contributed by atoms with Gasteiger partial charge in [-0.1, -0.05) is 24.3 Å². The van der Waals surface area contributed by atoms with Gasteiger partial charge >= 0.3 is 6.18 Å². The zero-order valence-electron chi connectivity index (χ0n) is 20.0. The van der Waals surface area contributed by atoms with E-state index in [0.717, 1.165) is 57.0 Å². The van der Waals surface area contributed by atoms with Crippen molar-refractivity contribution >= 4 is 12.0 Å². The van der Waals surface area contributed by atoms with E-state index in [1.54, 1.807) is 0 Å². The quantitative estimate of drug-likeness (QED) is 0.386. The number of alkyl halides is 3. The van der Waals surface area contributed by atoms with Crippen LogP contribution < -0.4 is 5.32 Å². The second kappa shape index (κ2) is 10.9. The summed E-state index contributed by atoms with van der Waals surface area (Å²) in [6.45, 7) is 4.36. The third-order valence-electron chi connectivity index (χ3n) is 7.45. The van der Waals surface area contributed by atoms with Crippen molar-refractivity contribution in [2.45, 2.75) is 69.6 Å². The molecule has 3 nitrogen and oxygen atoms in total. The summed E-state index contributed by atoms with van der Waals surface area (Å²) in [4.78, 5) is 14.9. The van der Waals surface area contributed by atoms with Crippen LogP contribution in [0.2, 0.25) is 0 Å². The predicted molar refractivity (Wildman–Crippen MR) is 129 cm³/mol. The van der Waals surface area contributed by atoms with Gasteiger partial charge < -0.3 is 10.2 Å². The largest absolute Gasteiger partial charge is 0.416 e. The van der Waals surface area contributed by atoms with E-state index >= 15 is 0 Å². The van der Waals surface area contributed by atoms with Crippen LogP contribution in [-0.4, -0.2) is 36.0 Å². The molecule has 0 aromatic heterocycles. The van der Waals surface area contributed by atoms with Crippen molar-refractivity contribution in [1.29, 1.82) is 0 Å². The third-order valence-corrected chi connectivity index (χ3v) is 7.45. The number of nitrogens with zero attached hydrogens (tertiary/aromatic N) is 1. The minimum atomic E-state index is -4.56. The highest BCUT2D eigenvalue weighted by atomic mass is 19.4. The molecule has 2 aromatic rings. The highest BCUT2D eigenvalue weighted by Crippen LogP contribution is 2.33. The van der Waals surface area contributed by atoms with Crippen LogP contribution in [-0.2, 0) is 11.0 Å². The maximum atomic E-state index is 13.9. The first-order valence-electron chi connectivity index (χ1n) is 12.4. The molecule has 2 aromatic carbocycles. The standard InChI is InChI=1S/C28H32F4N2O/c1-19-4-2-3-5-25(19)20-14-16-34(17-15-20)24-10-8-23(9-11-24)33-27(35)13-6-21-18-22(28(30,31)32)7-12-26(21)29/h2-7,12-13,18,20,23-24H,8-11,14-17H2,1H3,(H,33,35)/b13-6+. The van der Waals surface area contributed by atoms with Gasteiger partial charge in [-0.2, -0.15) is 13.2 Å². The molecule has 1 amide bonds. The lowest BCUT2D eigenvalue weighted by Crippen LogP contribution is -2.46. The maximum Gasteiger partial charge on any atom is 0.416 e. The molecule has 1 saturated carbocycles. The van der Waals surface area contributed by atoms with Crippen molar-refractivity contribution in [3.05, 3.63) is 76.6 Å². The summed E-state index contributed by atoms with van der Waals surface area (Å²) in [5, 5.41) is 2.92. The highest BCUT2D eigenvalue weighted by Gasteiger charge is 2.31. The zero-order valence-corrected chi connectivity index (χ0v) is 20.0. The van der Waals surface area contributed by atoms with Gasteiger partial charge in [-0.15, -0.1) is 0 Å². The second-order valence-corrected chi connectivity index (χ2v) is 9.75. The van der Waals surface area contributed by atoms with Gasteiger partial charge in [-0.05, 0) is 99.9 Å². The molecule has 0 radical (unpaired) electrons. The molecule has 35 heavy (non-hydrogen) atoms. The van der Waals surface area contributed by atoms with Gasteiger partial charge in [-0.3, -0.25) is 4.79 Å². The summed E-state index contributed by atoms with van der Waals surface area (Å²) in [5.41, 5.74) is 1.64. The molecule has 1 heterocycles. The summed E-state index contributed by atoms with van der Waals surface area (Å²) < 4.78 is 52.4. The molecule has 4 rings (SSSR count). The fraction of sp³-hybridized carbons (Fsp3) is 0.464. The molecule has 1 aliphatic carbocycles. The van der Waals surface area contributed by atoms with E-state index < -0.39 is 23.5 Å². The average molecular weight is 489 g/mol. The van der Waals surface area contributed by atoms with Crippen LogP contribution in [0.25, 0.3) is 6.08 Å². The molecular weight excluding hydrogens is 456 g/mol. The molecule has 2 aliphatic rings. The van der Waals surface area contributed by atoms with Crippen LogP contribution in [0.4, 0.5) is 17.6 Å². The van der Waals surface area contributed by atoms with Gasteiger partial charge in [0.2, 0.25) is 5.91 Å². The van der Waals surface area contributed by atoms with Crippen molar-refractivity contribution < 1.29 is 22.4 Å². The average Bonchev–Trinajstić information content (AvgIpc) is 2.84. The number of benzene rings is 2. The Kier molecular flexibility index (Phi) is 7.95. The lowest BCUT2D eigenvalue weighted by Gasteiger charge is -2.41. The second-order valence-electron chi connectivity index (χ2n) is 9.75. The number of rotatable bonds is 5. The van der Waals surface area contributed by atoms with Gasteiger partial charge in [0.05, 0.1) is 5.56 Å². The van der Waals surface area contributed by atoms with E-state index in [2.05, 4.69) is 41.4 Å². The number of amides is 1. The molecule has 0 unspecified atom stereocenters. The van der Waals surface area contributed by atoms with E-state index in [1.165, 1.54) is 24.0 Å². The lowest BCUT2D eigenvalue weighted by molar-refractivity contribution is -0.137. The Morgan fingerprint density at radius 3 is 2.34 bits per heavy atom. The number of aryl methyl sites for hydroxylation is 1. The first-order valence-corrected chi connectivity index (χ1v) is 12.4. The topological polar surface area (TPSA) is 32.3 Å². The zero-order chi connectivity index (χ0) is 25.0. The number of carbonyl (C=O) groups is 1. The van der Waals surface area contributed by atoms with Gasteiger partial charge in [0.25, 0.3) is 0 Å². The molecule has 188 valence electrons. The van der Waals surface area contributed by atoms with E-state index in [9.17, 15) is 22.4 Å². The summed E-state index contributed by atoms with van der Waals surface area (Å²) in [6, 6.07) is 11.4. The van der Waals surface area contributed by atoms with Crippen LogP contribution >= 0.6 is 0 Å². The smallest absolute Gasteiger partial charge is 0.350 e. The SMILES string of the molecule is Cc1ccccc1C1CCN(C2CCC(NC(=O)/C=C/c3cc(C(F)(F)F)ccc3F)CC2)CC1. The Balaban J connectivity index is 1.23. The van der Waals surface area contributed by atoms with Gasteiger partial charge in [0.1, 0.15) is 5.82 Å². The van der Waals surface area contributed by atoms with Gasteiger partial charge in [-0.25, -0.2) is 4.39 Å². The molecule has 2 fully saturated rings.